The quantitative estimate of drug-likeness (QED) is 0.696. The molecule has 1 fully saturated rings. The number of hydrogen-bond donors (Lipinski definition) is 1. The highest BCUT2D eigenvalue weighted by Crippen LogP contribution is 2.27. The first-order chi connectivity index (χ1) is 14.3. The summed E-state index contributed by atoms with van der Waals surface area (Å²) in [6, 6.07) is 7.99. The molecule has 0 amide bonds. The summed E-state index contributed by atoms with van der Waals surface area (Å²) in [5.74, 6) is 1.42. The Morgan fingerprint density at radius 2 is 2.14 bits per heavy atom. The molecular formula is C22H24N4O2S. The molecular weight excluding hydrogens is 384 g/mol. The number of hydrogen-bond acceptors (Lipinski definition) is 6. The van der Waals surface area contributed by atoms with Crippen LogP contribution in [0.1, 0.15) is 42.5 Å². The Morgan fingerprint density at radius 3 is 2.97 bits per heavy atom. The molecule has 7 heteroatoms. The lowest BCUT2D eigenvalue weighted by molar-refractivity contribution is 0.190. The van der Waals surface area contributed by atoms with Crippen molar-refractivity contribution < 1.29 is 4.74 Å². The zero-order chi connectivity index (χ0) is 19.6. The van der Waals surface area contributed by atoms with Crippen molar-refractivity contribution in [2.75, 3.05) is 6.54 Å². The summed E-state index contributed by atoms with van der Waals surface area (Å²) in [6.07, 6.45) is 7.55. The van der Waals surface area contributed by atoms with Gasteiger partial charge in [0, 0.05) is 37.8 Å². The minimum absolute atomic E-state index is 0.0308. The van der Waals surface area contributed by atoms with E-state index in [1.807, 2.05) is 23.6 Å². The molecule has 3 aromatic rings. The van der Waals surface area contributed by atoms with E-state index >= 15 is 0 Å². The lowest BCUT2D eigenvalue weighted by Gasteiger charge is -2.28. The minimum Gasteiger partial charge on any atom is -0.474 e. The maximum absolute atomic E-state index is 12.7. The summed E-state index contributed by atoms with van der Waals surface area (Å²) in [7, 11) is 0. The predicted molar refractivity (Wildman–Crippen MR) is 113 cm³/mol. The molecule has 0 aromatic carbocycles. The van der Waals surface area contributed by atoms with E-state index < -0.39 is 0 Å². The Morgan fingerprint density at radius 1 is 1.24 bits per heavy atom. The van der Waals surface area contributed by atoms with E-state index in [-0.39, 0.29) is 11.7 Å². The molecule has 29 heavy (non-hydrogen) atoms. The summed E-state index contributed by atoms with van der Waals surface area (Å²) in [5.41, 5.74) is 2.75. The monoisotopic (exact) mass is 408 g/mol. The zero-order valence-electron chi connectivity index (χ0n) is 16.3. The van der Waals surface area contributed by atoms with Gasteiger partial charge in [-0.1, -0.05) is 12.1 Å². The third kappa shape index (κ3) is 3.97. The average Bonchev–Trinajstić information content (AvgIpc) is 3.44. The van der Waals surface area contributed by atoms with Crippen LogP contribution in [-0.4, -0.2) is 32.5 Å². The number of rotatable bonds is 5. The number of aromatic amines is 1. The molecule has 6 nitrogen and oxygen atoms in total. The summed E-state index contributed by atoms with van der Waals surface area (Å²) in [5, 5.41) is 2.00. The van der Waals surface area contributed by atoms with Crippen molar-refractivity contribution in [3.05, 3.63) is 63.0 Å². The molecule has 150 valence electrons. The highest BCUT2D eigenvalue weighted by atomic mass is 32.1. The number of aromatic nitrogens is 3. The van der Waals surface area contributed by atoms with Gasteiger partial charge in [0.05, 0.1) is 16.1 Å². The first-order valence-electron chi connectivity index (χ1n) is 10.2. The zero-order valence-corrected chi connectivity index (χ0v) is 17.1. The normalized spacial score (nSPS) is 17.4. The van der Waals surface area contributed by atoms with Gasteiger partial charge in [-0.25, -0.2) is 9.97 Å². The number of nitrogens with one attached hydrogen (secondary N) is 1. The molecule has 0 radical (unpaired) electrons. The Hall–Kier alpha value is -2.51. The topological polar surface area (TPSA) is 71.1 Å². The van der Waals surface area contributed by atoms with Crippen LogP contribution in [0.15, 0.2) is 40.6 Å². The van der Waals surface area contributed by atoms with Crippen LogP contribution < -0.4 is 10.3 Å². The van der Waals surface area contributed by atoms with Crippen LogP contribution in [0.25, 0.3) is 10.7 Å². The fraction of sp³-hybridized carbons (Fsp3) is 0.409. The first-order valence-corrected chi connectivity index (χ1v) is 11.1. The van der Waals surface area contributed by atoms with Gasteiger partial charge in [0.15, 0.2) is 5.82 Å². The van der Waals surface area contributed by atoms with Gasteiger partial charge in [-0.05, 0) is 43.2 Å². The van der Waals surface area contributed by atoms with Crippen molar-refractivity contribution >= 4 is 11.3 Å². The van der Waals surface area contributed by atoms with E-state index in [1.165, 1.54) is 12.8 Å². The fourth-order valence-corrected chi connectivity index (χ4v) is 4.87. The molecule has 0 bridgehead atoms. The smallest absolute Gasteiger partial charge is 0.255 e. The number of pyridine rings is 1. The number of H-pyrrole nitrogens is 1. The van der Waals surface area contributed by atoms with Crippen LogP contribution in [0.5, 0.6) is 5.88 Å². The van der Waals surface area contributed by atoms with Crippen molar-refractivity contribution in [1.82, 2.24) is 19.9 Å². The molecule has 0 atom stereocenters. The summed E-state index contributed by atoms with van der Waals surface area (Å²) in [6.45, 7) is 2.19. The van der Waals surface area contributed by atoms with E-state index in [2.05, 4.69) is 20.9 Å². The van der Waals surface area contributed by atoms with Crippen molar-refractivity contribution in [2.24, 2.45) is 0 Å². The van der Waals surface area contributed by atoms with Gasteiger partial charge in [-0.15, -0.1) is 11.3 Å². The maximum Gasteiger partial charge on any atom is 0.255 e. The third-order valence-corrected chi connectivity index (χ3v) is 6.60. The van der Waals surface area contributed by atoms with Gasteiger partial charge in [0.2, 0.25) is 5.88 Å². The SMILES string of the molecule is O=c1[nH]c(-c2cccs2)nc2c1CN(Cc1cccnc1OC1CCCC1)CC2. The second-order valence-electron chi connectivity index (χ2n) is 7.77. The minimum atomic E-state index is -0.0308. The van der Waals surface area contributed by atoms with Crippen LogP contribution in [0.4, 0.5) is 0 Å². The van der Waals surface area contributed by atoms with E-state index in [1.54, 1.807) is 17.5 Å². The molecule has 1 aliphatic carbocycles. The molecule has 0 saturated heterocycles. The molecule has 0 unspecified atom stereocenters. The Kier molecular flexibility index (Phi) is 5.16. The second-order valence-corrected chi connectivity index (χ2v) is 8.72. The summed E-state index contributed by atoms with van der Waals surface area (Å²) >= 11 is 1.59. The lowest BCUT2D eigenvalue weighted by atomic mass is 10.1. The van der Waals surface area contributed by atoms with Gasteiger partial charge < -0.3 is 9.72 Å². The van der Waals surface area contributed by atoms with Gasteiger partial charge in [-0.2, -0.15) is 0 Å². The van der Waals surface area contributed by atoms with E-state index in [9.17, 15) is 4.79 Å². The van der Waals surface area contributed by atoms with Gasteiger partial charge in [0.1, 0.15) is 6.10 Å². The number of ether oxygens (including phenoxy) is 1. The summed E-state index contributed by atoms with van der Waals surface area (Å²) in [4.78, 5) is 28.2. The largest absolute Gasteiger partial charge is 0.474 e. The molecule has 3 aromatic heterocycles. The van der Waals surface area contributed by atoms with Crippen LogP contribution >= 0.6 is 11.3 Å². The van der Waals surface area contributed by atoms with Crippen LogP contribution in [0.3, 0.4) is 0 Å². The number of nitrogens with zero attached hydrogens (tertiary/aromatic N) is 3. The fourth-order valence-electron chi connectivity index (χ4n) is 4.20. The molecule has 5 rings (SSSR count). The van der Waals surface area contributed by atoms with Gasteiger partial charge in [0.25, 0.3) is 5.56 Å². The highest BCUT2D eigenvalue weighted by Gasteiger charge is 2.24. The van der Waals surface area contributed by atoms with Crippen LogP contribution in [0.2, 0.25) is 0 Å². The lowest BCUT2D eigenvalue weighted by Crippen LogP contribution is -2.35. The third-order valence-electron chi connectivity index (χ3n) is 5.73. The van der Waals surface area contributed by atoms with E-state index in [0.717, 1.165) is 59.9 Å². The molecule has 4 heterocycles. The Labute approximate surface area is 173 Å². The molecule has 2 aliphatic rings. The van der Waals surface area contributed by atoms with E-state index in [0.29, 0.717) is 12.4 Å². The van der Waals surface area contributed by atoms with Crippen molar-refractivity contribution in [3.8, 4) is 16.6 Å². The molecule has 1 N–H and O–H groups in total. The van der Waals surface area contributed by atoms with E-state index in [4.69, 9.17) is 9.72 Å². The van der Waals surface area contributed by atoms with Gasteiger partial charge in [-0.3, -0.25) is 9.69 Å². The number of fused-ring (bicyclic) bond motifs is 1. The number of thiophene rings is 1. The predicted octanol–water partition coefficient (Wildman–Crippen LogP) is 3.77. The molecule has 1 aliphatic heterocycles. The second kappa shape index (κ2) is 8.08. The van der Waals surface area contributed by atoms with Crippen molar-refractivity contribution in [3.63, 3.8) is 0 Å². The Bertz CT molecular complexity index is 1040. The average molecular weight is 409 g/mol. The van der Waals surface area contributed by atoms with Crippen LogP contribution in [-0.2, 0) is 19.5 Å². The first kappa shape index (κ1) is 18.5. The molecule has 1 saturated carbocycles. The van der Waals surface area contributed by atoms with Crippen molar-refractivity contribution in [2.45, 2.75) is 51.3 Å². The van der Waals surface area contributed by atoms with Crippen molar-refractivity contribution in [1.29, 1.82) is 0 Å². The standard InChI is InChI=1S/C22H24N4O2S/c27-21-17-14-26(11-9-18(17)24-20(25-21)19-8-4-12-29-19)13-15-5-3-10-23-22(15)28-16-6-1-2-7-16/h3-5,8,10,12,16H,1-2,6-7,9,11,13-14H2,(H,24,25,27). The molecule has 0 spiro atoms. The highest BCUT2D eigenvalue weighted by molar-refractivity contribution is 7.13. The maximum atomic E-state index is 12.7. The summed E-state index contributed by atoms with van der Waals surface area (Å²) < 4.78 is 6.18. The van der Waals surface area contributed by atoms with Crippen LogP contribution in [0, 0.1) is 0 Å². The van der Waals surface area contributed by atoms with Gasteiger partial charge >= 0.3 is 0 Å². The Balaban J connectivity index is 1.34.